The molecule has 150 valence electrons. The third-order valence-electron chi connectivity index (χ3n) is 4.08. The maximum Gasteiger partial charge on any atom is 0.243 e. The Labute approximate surface area is 167 Å². The molecule has 0 unspecified atom stereocenters. The molecule has 0 radical (unpaired) electrons. The Morgan fingerprint density at radius 2 is 1.55 bits per heavy atom. The van der Waals surface area contributed by atoms with Gasteiger partial charge in [0.25, 0.3) is 0 Å². The van der Waals surface area contributed by atoms with Crippen LogP contribution < -0.4 is 5.32 Å². The van der Waals surface area contributed by atoms with E-state index in [9.17, 15) is 22.0 Å². The lowest BCUT2D eigenvalue weighted by Gasteiger charge is -2.22. The summed E-state index contributed by atoms with van der Waals surface area (Å²) in [5.41, 5.74) is 0.735. The van der Waals surface area contributed by atoms with Crippen LogP contribution in [-0.4, -0.2) is 25.2 Å². The Kier molecular flexibility index (Phi) is 6.36. The number of sulfonamides is 1. The first-order valence-electron chi connectivity index (χ1n) is 8.70. The first-order chi connectivity index (χ1) is 13.8. The molecule has 0 saturated carbocycles. The van der Waals surface area contributed by atoms with Crippen molar-refractivity contribution in [1.29, 1.82) is 0 Å². The van der Waals surface area contributed by atoms with Gasteiger partial charge in [-0.05, 0) is 48.0 Å². The van der Waals surface area contributed by atoms with Gasteiger partial charge < -0.3 is 5.32 Å². The molecular formula is C21H18F2N2O3S. The van der Waals surface area contributed by atoms with Crippen molar-refractivity contribution in [3.8, 4) is 0 Å². The third kappa shape index (κ3) is 5.46. The van der Waals surface area contributed by atoms with Gasteiger partial charge in [-0.1, -0.05) is 36.4 Å². The molecule has 0 aliphatic heterocycles. The Hall–Kier alpha value is -3.10. The molecule has 0 saturated heterocycles. The second kappa shape index (κ2) is 8.93. The summed E-state index contributed by atoms with van der Waals surface area (Å²) < 4.78 is 53.6. The third-order valence-corrected chi connectivity index (χ3v) is 5.89. The first-order valence-corrected chi connectivity index (χ1v) is 10.1. The zero-order valence-electron chi connectivity index (χ0n) is 15.3. The minimum atomic E-state index is -4.00. The fourth-order valence-corrected chi connectivity index (χ4v) is 4.09. The van der Waals surface area contributed by atoms with Gasteiger partial charge in [-0.15, -0.1) is 0 Å². The lowest BCUT2D eigenvalue weighted by Crippen LogP contribution is -2.37. The molecule has 0 bridgehead atoms. The summed E-state index contributed by atoms with van der Waals surface area (Å²) in [5, 5.41) is 2.49. The van der Waals surface area contributed by atoms with Crippen molar-refractivity contribution in [2.24, 2.45) is 0 Å². The number of hydrogen-bond donors (Lipinski definition) is 1. The molecule has 5 nitrogen and oxygen atoms in total. The molecule has 0 aliphatic rings. The summed E-state index contributed by atoms with van der Waals surface area (Å²) in [7, 11) is -4.00. The number of nitrogens with zero attached hydrogens (tertiary/aromatic N) is 1. The van der Waals surface area contributed by atoms with Crippen LogP contribution in [0, 0.1) is 11.6 Å². The van der Waals surface area contributed by atoms with Crippen LogP contribution in [0.4, 0.5) is 14.5 Å². The van der Waals surface area contributed by atoms with E-state index in [0.717, 1.165) is 10.4 Å². The van der Waals surface area contributed by atoms with Crippen LogP contribution >= 0.6 is 0 Å². The molecule has 1 amide bonds. The van der Waals surface area contributed by atoms with Crippen LogP contribution in [0.3, 0.4) is 0 Å². The molecule has 3 aromatic carbocycles. The van der Waals surface area contributed by atoms with Gasteiger partial charge in [-0.2, -0.15) is 4.31 Å². The molecule has 0 spiro atoms. The van der Waals surface area contributed by atoms with Gasteiger partial charge in [0.1, 0.15) is 11.6 Å². The normalized spacial score (nSPS) is 11.4. The molecule has 8 heteroatoms. The minimum Gasteiger partial charge on any atom is -0.325 e. The Balaban J connectivity index is 1.85. The van der Waals surface area contributed by atoms with Crippen molar-refractivity contribution in [3.63, 3.8) is 0 Å². The summed E-state index contributed by atoms with van der Waals surface area (Å²) >= 11 is 0. The van der Waals surface area contributed by atoms with Gasteiger partial charge in [-0.3, -0.25) is 4.79 Å². The number of anilines is 1. The first kappa shape index (κ1) is 20.6. The fourth-order valence-electron chi connectivity index (χ4n) is 2.69. The topological polar surface area (TPSA) is 66.5 Å². The van der Waals surface area contributed by atoms with Crippen molar-refractivity contribution in [3.05, 3.63) is 96.1 Å². The highest BCUT2D eigenvalue weighted by Crippen LogP contribution is 2.19. The Morgan fingerprint density at radius 3 is 2.21 bits per heavy atom. The van der Waals surface area contributed by atoms with Gasteiger partial charge in [0.2, 0.25) is 15.9 Å². The second-order valence-corrected chi connectivity index (χ2v) is 8.21. The van der Waals surface area contributed by atoms with Crippen LogP contribution in [0.2, 0.25) is 0 Å². The van der Waals surface area contributed by atoms with Gasteiger partial charge in [0.05, 0.1) is 11.4 Å². The summed E-state index contributed by atoms with van der Waals surface area (Å²) in [6, 6.07) is 18.3. The zero-order chi connectivity index (χ0) is 20.9. The molecule has 0 heterocycles. The van der Waals surface area contributed by atoms with Crippen molar-refractivity contribution < 1.29 is 22.0 Å². The molecule has 3 rings (SSSR count). The maximum atomic E-state index is 13.3. The van der Waals surface area contributed by atoms with Crippen molar-refractivity contribution in [2.45, 2.75) is 11.4 Å². The van der Waals surface area contributed by atoms with E-state index < -0.39 is 34.1 Å². The highest BCUT2D eigenvalue weighted by molar-refractivity contribution is 7.89. The van der Waals surface area contributed by atoms with Crippen LogP contribution in [0.1, 0.15) is 5.56 Å². The van der Waals surface area contributed by atoms with E-state index in [1.165, 1.54) is 54.6 Å². The van der Waals surface area contributed by atoms with E-state index in [4.69, 9.17) is 0 Å². The SMILES string of the molecule is O=C(CN(Cc1ccc(F)cc1)S(=O)(=O)c1ccccc1)Nc1cccc(F)c1. The van der Waals surface area contributed by atoms with E-state index >= 15 is 0 Å². The van der Waals surface area contributed by atoms with Crippen LogP contribution in [-0.2, 0) is 21.4 Å². The predicted molar refractivity (Wildman–Crippen MR) is 105 cm³/mol. The Bertz CT molecular complexity index is 1090. The fraction of sp³-hybridized carbons (Fsp3) is 0.0952. The van der Waals surface area contributed by atoms with E-state index in [-0.39, 0.29) is 17.1 Å². The quantitative estimate of drug-likeness (QED) is 0.637. The monoisotopic (exact) mass is 416 g/mol. The van der Waals surface area contributed by atoms with E-state index in [1.54, 1.807) is 18.2 Å². The molecular weight excluding hydrogens is 398 g/mol. The van der Waals surface area contributed by atoms with Crippen molar-refractivity contribution in [2.75, 3.05) is 11.9 Å². The molecule has 1 N–H and O–H groups in total. The molecule has 0 fully saturated rings. The van der Waals surface area contributed by atoms with Crippen molar-refractivity contribution in [1.82, 2.24) is 4.31 Å². The molecule has 0 aromatic heterocycles. The number of carbonyl (C=O) groups is 1. The number of rotatable bonds is 7. The summed E-state index contributed by atoms with van der Waals surface area (Å²) in [6.07, 6.45) is 0. The molecule has 3 aromatic rings. The largest absolute Gasteiger partial charge is 0.325 e. The van der Waals surface area contributed by atoms with Gasteiger partial charge >= 0.3 is 0 Å². The zero-order valence-corrected chi connectivity index (χ0v) is 16.1. The smallest absolute Gasteiger partial charge is 0.243 e. The van der Waals surface area contributed by atoms with Gasteiger partial charge in [0, 0.05) is 12.2 Å². The standard InChI is InChI=1S/C21H18F2N2O3S/c22-17-11-9-16(10-12-17)14-25(29(27,28)20-7-2-1-3-8-20)15-21(26)24-19-6-4-5-18(23)13-19/h1-13H,14-15H2,(H,24,26). The average Bonchev–Trinajstić information content (AvgIpc) is 2.70. The number of halogens is 2. The highest BCUT2D eigenvalue weighted by atomic mass is 32.2. The molecule has 0 aliphatic carbocycles. The number of nitrogens with one attached hydrogen (secondary N) is 1. The number of benzene rings is 3. The number of amides is 1. The van der Waals surface area contributed by atoms with Gasteiger partial charge in [0.15, 0.2) is 0 Å². The van der Waals surface area contributed by atoms with Crippen LogP contribution in [0.15, 0.2) is 83.8 Å². The van der Waals surface area contributed by atoms with Crippen LogP contribution in [0.25, 0.3) is 0 Å². The molecule has 29 heavy (non-hydrogen) atoms. The lowest BCUT2D eigenvalue weighted by atomic mass is 10.2. The summed E-state index contributed by atoms with van der Waals surface area (Å²) in [6.45, 7) is -0.626. The lowest BCUT2D eigenvalue weighted by molar-refractivity contribution is -0.116. The summed E-state index contributed by atoms with van der Waals surface area (Å²) in [5.74, 6) is -1.60. The predicted octanol–water partition coefficient (Wildman–Crippen LogP) is 3.79. The summed E-state index contributed by atoms with van der Waals surface area (Å²) in [4.78, 5) is 12.5. The average molecular weight is 416 g/mol. The van der Waals surface area contributed by atoms with Crippen LogP contribution in [0.5, 0.6) is 0 Å². The highest BCUT2D eigenvalue weighted by Gasteiger charge is 2.27. The number of carbonyl (C=O) groups excluding carboxylic acids is 1. The van der Waals surface area contributed by atoms with E-state index in [0.29, 0.717) is 5.56 Å². The van der Waals surface area contributed by atoms with Gasteiger partial charge in [-0.25, -0.2) is 17.2 Å². The van der Waals surface area contributed by atoms with E-state index in [1.807, 2.05) is 0 Å². The maximum absolute atomic E-state index is 13.3. The number of hydrogen-bond acceptors (Lipinski definition) is 3. The minimum absolute atomic E-state index is 0.0284. The Morgan fingerprint density at radius 1 is 0.862 bits per heavy atom. The van der Waals surface area contributed by atoms with Crippen molar-refractivity contribution >= 4 is 21.6 Å². The van der Waals surface area contributed by atoms with E-state index in [2.05, 4.69) is 5.32 Å². The molecule has 0 atom stereocenters. The second-order valence-electron chi connectivity index (χ2n) is 6.27.